The molecule has 0 N–H and O–H groups in total. The number of nitrogens with zero attached hydrogens (tertiary/aromatic N) is 4. The van der Waals surface area contributed by atoms with Crippen molar-refractivity contribution in [2.75, 3.05) is 31.1 Å². The fraction of sp³-hybridized carbons (Fsp3) is 0.208. The van der Waals surface area contributed by atoms with Crippen molar-refractivity contribution in [1.82, 2.24) is 14.9 Å². The molecule has 0 atom stereocenters. The minimum atomic E-state index is -0.296. The van der Waals surface area contributed by atoms with Crippen LogP contribution in [0.2, 0.25) is 0 Å². The molecule has 4 aromatic rings. The Bertz CT molecular complexity index is 1200. The summed E-state index contributed by atoms with van der Waals surface area (Å²) in [7, 11) is 0. The summed E-state index contributed by atoms with van der Waals surface area (Å²) < 4.78 is 18.6. The normalized spacial score (nSPS) is 14.2. The second kappa shape index (κ2) is 8.18. The zero-order chi connectivity index (χ0) is 21.2. The number of anilines is 1. The van der Waals surface area contributed by atoms with Gasteiger partial charge in [-0.05, 0) is 42.0 Å². The van der Waals surface area contributed by atoms with Crippen LogP contribution in [-0.2, 0) is 11.2 Å². The van der Waals surface area contributed by atoms with E-state index in [9.17, 15) is 9.18 Å². The second-order valence-corrected chi connectivity index (χ2v) is 7.54. The van der Waals surface area contributed by atoms with E-state index < -0.39 is 0 Å². The van der Waals surface area contributed by atoms with E-state index in [-0.39, 0.29) is 18.1 Å². The molecule has 0 bridgehead atoms. The van der Waals surface area contributed by atoms with Crippen LogP contribution in [-0.4, -0.2) is 47.0 Å². The number of carbonyl (C=O) groups excluding carboxylic acids is 1. The summed E-state index contributed by atoms with van der Waals surface area (Å²) in [6.07, 6.45) is 1.89. The Kier molecular flexibility index (Phi) is 5.08. The molecule has 0 aliphatic carbocycles. The monoisotopic (exact) mass is 416 g/mol. The average molecular weight is 416 g/mol. The van der Waals surface area contributed by atoms with Gasteiger partial charge in [0.2, 0.25) is 5.91 Å². The first kappa shape index (κ1) is 19.2. The smallest absolute Gasteiger partial charge is 0.227 e. The van der Waals surface area contributed by atoms with E-state index in [1.54, 1.807) is 18.4 Å². The van der Waals surface area contributed by atoms with Crippen molar-refractivity contribution < 1.29 is 13.6 Å². The first-order valence-corrected chi connectivity index (χ1v) is 10.3. The Labute approximate surface area is 178 Å². The minimum Gasteiger partial charge on any atom is -0.461 e. The van der Waals surface area contributed by atoms with Gasteiger partial charge in [0.1, 0.15) is 11.6 Å². The zero-order valence-electron chi connectivity index (χ0n) is 16.9. The molecule has 156 valence electrons. The van der Waals surface area contributed by atoms with Crippen molar-refractivity contribution >= 4 is 22.6 Å². The molecule has 0 radical (unpaired) electrons. The molecule has 6 nitrogen and oxygen atoms in total. The number of piperazine rings is 1. The summed E-state index contributed by atoms with van der Waals surface area (Å²) in [6, 6.07) is 17.7. The quantitative estimate of drug-likeness (QED) is 0.505. The van der Waals surface area contributed by atoms with Crippen LogP contribution in [0.15, 0.2) is 71.3 Å². The maximum Gasteiger partial charge on any atom is 0.227 e. The third-order valence-corrected chi connectivity index (χ3v) is 5.53. The molecule has 31 heavy (non-hydrogen) atoms. The van der Waals surface area contributed by atoms with E-state index >= 15 is 0 Å². The number of rotatable bonds is 4. The van der Waals surface area contributed by atoms with Crippen molar-refractivity contribution in [2.45, 2.75) is 6.42 Å². The second-order valence-electron chi connectivity index (χ2n) is 7.54. The number of furan rings is 1. The standard InChI is InChI=1S/C24H21FN4O2/c25-18-9-7-17(8-10-18)16-22(30)28-11-13-29(14-12-28)24-19-4-1-2-5-20(19)26-23(27-24)21-6-3-15-31-21/h1-10,15H,11-14,16H2. The van der Waals surface area contributed by atoms with Crippen LogP contribution in [0, 0.1) is 5.82 Å². The van der Waals surface area contributed by atoms with E-state index in [1.807, 2.05) is 41.3 Å². The molecule has 0 spiro atoms. The van der Waals surface area contributed by atoms with Gasteiger partial charge < -0.3 is 14.2 Å². The van der Waals surface area contributed by atoms with Gasteiger partial charge in [-0.3, -0.25) is 4.79 Å². The molecule has 0 unspecified atom stereocenters. The van der Waals surface area contributed by atoms with Gasteiger partial charge in [0.15, 0.2) is 11.6 Å². The van der Waals surface area contributed by atoms with Gasteiger partial charge in [0.25, 0.3) is 0 Å². The van der Waals surface area contributed by atoms with Crippen LogP contribution in [0.3, 0.4) is 0 Å². The molecule has 1 aliphatic rings. The zero-order valence-corrected chi connectivity index (χ0v) is 16.9. The summed E-state index contributed by atoms with van der Waals surface area (Å²) >= 11 is 0. The van der Waals surface area contributed by atoms with Gasteiger partial charge in [-0.15, -0.1) is 0 Å². The van der Waals surface area contributed by atoms with Crippen molar-refractivity contribution in [3.63, 3.8) is 0 Å². The average Bonchev–Trinajstić information content (AvgIpc) is 3.35. The molecule has 2 aromatic heterocycles. The molecule has 1 aliphatic heterocycles. The number of hydrogen-bond donors (Lipinski definition) is 0. The number of para-hydroxylation sites is 1. The van der Waals surface area contributed by atoms with E-state index in [4.69, 9.17) is 9.40 Å². The maximum absolute atomic E-state index is 13.1. The Hall–Kier alpha value is -3.74. The molecule has 7 heteroatoms. The van der Waals surface area contributed by atoms with Crippen LogP contribution in [0.1, 0.15) is 5.56 Å². The highest BCUT2D eigenvalue weighted by Crippen LogP contribution is 2.28. The number of hydrogen-bond acceptors (Lipinski definition) is 5. The fourth-order valence-corrected chi connectivity index (χ4v) is 3.87. The van der Waals surface area contributed by atoms with Gasteiger partial charge in [-0.1, -0.05) is 24.3 Å². The predicted molar refractivity (Wildman–Crippen MR) is 116 cm³/mol. The molecule has 1 amide bonds. The molecule has 5 rings (SSSR count). The fourth-order valence-electron chi connectivity index (χ4n) is 3.87. The van der Waals surface area contributed by atoms with Crippen molar-refractivity contribution in [1.29, 1.82) is 0 Å². The van der Waals surface area contributed by atoms with E-state index in [0.29, 0.717) is 37.8 Å². The Morgan fingerprint density at radius 3 is 2.45 bits per heavy atom. The number of benzene rings is 2. The Morgan fingerprint density at radius 2 is 1.71 bits per heavy atom. The summed E-state index contributed by atoms with van der Waals surface area (Å²) in [5.41, 5.74) is 1.67. The first-order valence-electron chi connectivity index (χ1n) is 10.3. The van der Waals surface area contributed by atoms with Crippen molar-refractivity contribution in [2.24, 2.45) is 0 Å². The van der Waals surface area contributed by atoms with Crippen LogP contribution in [0.25, 0.3) is 22.5 Å². The minimum absolute atomic E-state index is 0.0510. The number of aromatic nitrogens is 2. The van der Waals surface area contributed by atoms with Gasteiger partial charge >= 0.3 is 0 Å². The van der Waals surface area contributed by atoms with Crippen LogP contribution >= 0.6 is 0 Å². The van der Waals surface area contributed by atoms with Gasteiger partial charge in [-0.25, -0.2) is 14.4 Å². The molecule has 1 saturated heterocycles. The van der Waals surface area contributed by atoms with Crippen LogP contribution in [0.5, 0.6) is 0 Å². The summed E-state index contributed by atoms with van der Waals surface area (Å²) in [5, 5.41) is 0.976. The number of fused-ring (bicyclic) bond motifs is 1. The highest BCUT2D eigenvalue weighted by Gasteiger charge is 2.24. The summed E-state index contributed by atoms with van der Waals surface area (Å²) in [5.74, 6) is 1.78. The number of carbonyl (C=O) groups is 1. The third-order valence-electron chi connectivity index (χ3n) is 5.53. The maximum atomic E-state index is 13.1. The molecular weight excluding hydrogens is 395 g/mol. The highest BCUT2D eigenvalue weighted by molar-refractivity contribution is 5.91. The predicted octanol–water partition coefficient (Wildman–Crippen LogP) is 3.92. The topological polar surface area (TPSA) is 62.5 Å². The van der Waals surface area contributed by atoms with Crippen LogP contribution in [0.4, 0.5) is 10.2 Å². The lowest BCUT2D eigenvalue weighted by molar-refractivity contribution is -0.130. The molecule has 1 fully saturated rings. The van der Waals surface area contributed by atoms with E-state index in [1.165, 1.54) is 12.1 Å². The lowest BCUT2D eigenvalue weighted by Gasteiger charge is -2.36. The van der Waals surface area contributed by atoms with Crippen molar-refractivity contribution in [3.05, 3.63) is 78.3 Å². The van der Waals surface area contributed by atoms with Crippen LogP contribution < -0.4 is 4.90 Å². The van der Waals surface area contributed by atoms with Crippen molar-refractivity contribution in [3.8, 4) is 11.6 Å². The molecule has 2 aromatic carbocycles. The largest absolute Gasteiger partial charge is 0.461 e. The van der Waals surface area contributed by atoms with Gasteiger partial charge in [-0.2, -0.15) is 0 Å². The van der Waals surface area contributed by atoms with Gasteiger partial charge in [0.05, 0.1) is 18.2 Å². The third kappa shape index (κ3) is 3.99. The van der Waals surface area contributed by atoms with E-state index in [2.05, 4.69) is 9.88 Å². The van der Waals surface area contributed by atoms with E-state index in [0.717, 1.165) is 22.3 Å². The molecular formula is C24H21FN4O2. The Morgan fingerprint density at radius 1 is 0.935 bits per heavy atom. The molecule has 3 heterocycles. The summed E-state index contributed by atoms with van der Waals surface area (Å²) in [6.45, 7) is 2.56. The SMILES string of the molecule is O=C(Cc1ccc(F)cc1)N1CCN(c2nc(-c3ccco3)nc3ccccc23)CC1. The highest BCUT2D eigenvalue weighted by atomic mass is 19.1. The number of halogens is 1. The first-order chi connectivity index (χ1) is 15.2. The Balaban J connectivity index is 1.34. The molecule has 0 saturated carbocycles. The lowest BCUT2D eigenvalue weighted by Crippen LogP contribution is -2.49. The lowest BCUT2D eigenvalue weighted by atomic mass is 10.1. The number of amides is 1. The van der Waals surface area contributed by atoms with Gasteiger partial charge in [0, 0.05) is 31.6 Å². The summed E-state index contributed by atoms with van der Waals surface area (Å²) in [4.78, 5) is 26.2.